The van der Waals surface area contributed by atoms with Crippen molar-refractivity contribution in [1.82, 2.24) is 4.31 Å². The summed E-state index contributed by atoms with van der Waals surface area (Å²) in [5.41, 5.74) is 0.319. The Bertz CT molecular complexity index is 661. The van der Waals surface area contributed by atoms with Crippen LogP contribution in [0.25, 0.3) is 0 Å². The van der Waals surface area contributed by atoms with Crippen molar-refractivity contribution in [1.29, 1.82) is 0 Å². The number of aryl methyl sites for hydroxylation is 1. The highest BCUT2D eigenvalue weighted by molar-refractivity contribution is 7.89. The first-order valence-electron chi connectivity index (χ1n) is 6.31. The van der Waals surface area contributed by atoms with Crippen LogP contribution in [0.5, 0.6) is 0 Å². The van der Waals surface area contributed by atoms with Crippen molar-refractivity contribution >= 4 is 16.0 Å². The monoisotopic (exact) mass is 317 g/mol. The molecule has 0 aliphatic carbocycles. The number of rotatable bonds is 3. The van der Waals surface area contributed by atoms with Gasteiger partial charge < -0.3 is 9.84 Å². The number of sulfonamides is 1. The van der Waals surface area contributed by atoms with E-state index in [0.29, 0.717) is 5.56 Å². The predicted octanol–water partition coefficient (Wildman–Crippen LogP) is 0.431. The van der Waals surface area contributed by atoms with E-state index in [2.05, 4.69) is 4.74 Å². The molecule has 1 aromatic carbocycles. The van der Waals surface area contributed by atoms with Gasteiger partial charge in [-0.15, -0.1) is 0 Å². The van der Waals surface area contributed by atoms with Crippen LogP contribution >= 0.6 is 0 Å². The van der Waals surface area contributed by atoms with Crippen LogP contribution in [0.4, 0.5) is 4.39 Å². The average Bonchev–Trinajstić information content (AvgIpc) is 2.83. The number of aliphatic hydroxyl groups excluding tert-OH is 1. The summed E-state index contributed by atoms with van der Waals surface area (Å²) < 4.78 is 44.0. The van der Waals surface area contributed by atoms with E-state index in [0.717, 1.165) is 17.5 Å². The number of benzene rings is 1. The van der Waals surface area contributed by atoms with Crippen LogP contribution in [-0.4, -0.2) is 49.6 Å². The van der Waals surface area contributed by atoms with Crippen LogP contribution in [0.15, 0.2) is 23.1 Å². The lowest BCUT2D eigenvalue weighted by Crippen LogP contribution is -2.41. The van der Waals surface area contributed by atoms with Crippen molar-refractivity contribution in [2.24, 2.45) is 0 Å². The molecule has 21 heavy (non-hydrogen) atoms. The summed E-state index contributed by atoms with van der Waals surface area (Å²) in [5.74, 6) is -1.40. The van der Waals surface area contributed by atoms with Crippen LogP contribution in [0.3, 0.4) is 0 Å². The van der Waals surface area contributed by atoms with Gasteiger partial charge in [-0.05, 0) is 24.6 Å². The Labute approximate surface area is 122 Å². The lowest BCUT2D eigenvalue weighted by atomic mass is 10.2. The van der Waals surface area contributed by atoms with E-state index in [4.69, 9.17) is 0 Å². The maximum absolute atomic E-state index is 13.6. The molecule has 2 rings (SSSR count). The number of halogens is 1. The predicted molar refractivity (Wildman–Crippen MR) is 71.5 cm³/mol. The quantitative estimate of drug-likeness (QED) is 0.818. The molecule has 2 atom stereocenters. The third-order valence-corrected chi connectivity index (χ3v) is 5.33. The van der Waals surface area contributed by atoms with Gasteiger partial charge in [-0.2, -0.15) is 4.31 Å². The number of carbonyl (C=O) groups is 1. The molecule has 0 amide bonds. The zero-order valence-corrected chi connectivity index (χ0v) is 12.4. The minimum atomic E-state index is -4.08. The smallest absolute Gasteiger partial charge is 0.324 e. The van der Waals surface area contributed by atoms with E-state index < -0.39 is 34.0 Å². The second kappa shape index (κ2) is 5.70. The highest BCUT2D eigenvalue weighted by Gasteiger charge is 2.44. The zero-order chi connectivity index (χ0) is 15.8. The maximum atomic E-state index is 13.6. The molecule has 1 fully saturated rings. The molecule has 0 bridgehead atoms. The molecule has 0 spiro atoms. The van der Waals surface area contributed by atoms with Gasteiger partial charge in [-0.1, -0.05) is 6.07 Å². The molecule has 8 heteroatoms. The molecule has 1 aliphatic rings. The number of β-amino-alcohol motifs (C(OH)–C–C–N with tert-alkyl or cyclic N) is 1. The largest absolute Gasteiger partial charge is 0.468 e. The number of nitrogens with zero attached hydrogens (tertiary/aromatic N) is 1. The topological polar surface area (TPSA) is 83.9 Å². The summed E-state index contributed by atoms with van der Waals surface area (Å²) in [6.07, 6.45) is -1.00. The standard InChI is InChI=1S/C13H16FNO5S/c1-8-3-4-10(6-11(8)14)21(18,19)15-7-9(16)5-12(15)13(17)20-2/h3-4,6,9,12,16H,5,7H2,1-2H3. The molecular formula is C13H16FNO5S. The Morgan fingerprint density at radius 1 is 1.48 bits per heavy atom. The molecule has 2 unspecified atom stereocenters. The van der Waals surface area contributed by atoms with Gasteiger partial charge in [0.05, 0.1) is 18.1 Å². The number of esters is 1. The van der Waals surface area contributed by atoms with Crippen LogP contribution in [-0.2, 0) is 19.6 Å². The molecule has 1 saturated heterocycles. The summed E-state index contributed by atoms with van der Waals surface area (Å²) in [6, 6.07) is 2.43. The van der Waals surface area contributed by atoms with Crippen LogP contribution in [0.2, 0.25) is 0 Å². The van der Waals surface area contributed by atoms with Gasteiger partial charge in [-0.25, -0.2) is 12.8 Å². The van der Waals surface area contributed by atoms with Crippen molar-refractivity contribution in [3.63, 3.8) is 0 Å². The first-order valence-corrected chi connectivity index (χ1v) is 7.75. The Kier molecular flexibility index (Phi) is 4.31. The van der Waals surface area contributed by atoms with Crippen molar-refractivity contribution in [3.05, 3.63) is 29.6 Å². The normalized spacial score (nSPS) is 23.2. The highest BCUT2D eigenvalue weighted by atomic mass is 32.2. The van der Waals surface area contributed by atoms with Crippen LogP contribution < -0.4 is 0 Å². The number of methoxy groups -OCH3 is 1. The first-order chi connectivity index (χ1) is 9.77. The molecule has 0 saturated carbocycles. The Hall–Kier alpha value is -1.51. The average molecular weight is 317 g/mol. The highest BCUT2D eigenvalue weighted by Crippen LogP contribution is 2.27. The minimum Gasteiger partial charge on any atom is -0.468 e. The molecule has 0 aromatic heterocycles. The number of ether oxygens (including phenoxy) is 1. The van der Waals surface area contributed by atoms with Crippen molar-refractivity contribution < 1.29 is 27.4 Å². The fraction of sp³-hybridized carbons (Fsp3) is 0.462. The van der Waals surface area contributed by atoms with Gasteiger partial charge in [0, 0.05) is 13.0 Å². The summed E-state index contributed by atoms with van der Waals surface area (Å²) >= 11 is 0. The Balaban J connectivity index is 2.41. The third-order valence-electron chi connectivity index (χ3n) is 3.46. The maximum Gasteiger partial charge on any atom is 0.324 e. The van der Waals surface area contributed by atoms with Gasteiger partial charge in [0.1, 0.15) is 11.9 Å². The minimum absolute atomic E-state index is 0.0414. The molecule has 0 radical (unpaired) electrons. The van der Waals surface area contributed by atoms with Gasteiger partial charge in [0.25, 0.3) is 0 Å². The summed E-state index contributed by atoms with van der Waals surface area (Å²) in [7, 11) is -2.94. The second-order valence-electron chi connectivity index (χ2n) is 4.91. The van der Waals surface area contributed by atoms with E-state index in [1.807, 2.05) is 0 Å². The van der Waals surface area contributed by atoms with Gasteiger partial charge in [-0.3, -0.25) is 4.79 Å². The molecule has 1 aliphatic heterocycles. The molecular weight excluding hydrogens is 301 g/mol. The van der Waals surface area contributed by atoms with E-state index >= 15 is 0 Å². The first kappa shape index (κ1) is 15.9. The number of carbonyl (C=O) groups excluding carboxylic acids is 1. The number of aliphatic hydroxyl groups is 1. The zero-order valence-electron chi connectivity index (χ0n) is 11.6. The fourth-order valence-corrected chi connectivity index (χ4v) is 3.91. The Morgan fingerprint density at radius 2 is 2.14 bits per heavy atom. The van der Waals surface area contributed by atoms with Crippen LogP contribution in [0, 0.1) is 12.7 Å². The molecule has 116 valence electrons. The lowest BCUT2D eigenvalue weighted by Gasteiger charge is -2.22. The van der Waals surface area contributed by atoms with E-state index in [-0.39, 0.29) is 17.9 Å². The molecule has 1 aromatic rings. The van der Waals surface area contributed by atoms with Crippen molar-refractivity contribution in [3.8, 4) is 0 Å². The summed E-state index contributed by atoms with van der Waals surface area (Å²) in [6.45, 7) is 1.29. The van der Waals surface area contributed by atoms with E-state index in [1.165, 1.54) is 19.1 Å². The number of hydrogen-bond donors (Lipinski definition) is 1. The van der Waals surface area contributed by atoms with E-state index in [9.17, 15) is 22.7 Å². The SMILES string of the molecule is COC(=O)C1CC(O)CN1S(=O)(=O)c1ccc(C)c(F)c1. The summed E-state index contributed by atoms with van der Waals surface area (Å²) in [4.78, 5) is 11.4. The van der Waals surface area contributed by atoms with Gasteiger partial charge in [0.2, 0.25) is 10.0 Å². The van der Waals surface area contributed by atoms with E-state index in [1.54, 1.807) is 0 Å². The van der Waals surface area contributed by atoms with Gasteiger partial charge >= 0.3 is 5.97 Å². The molecule has 1 N–H and O–H groups in total. The molecule has 6 nitrogen and oxygen atoms in total. The van der Waals surface area contributed by atoms with Gasteiger partial charge in [0.15, 0.2) is 0 Å². The molecule has 1 heterocycles. The van der Waals surface area contributed by atoms with Crippen LogP contribution in [0.1, 0.15) is 12.0 Å². The summed E-state index contributed by atoms with van der Waals surface area (Å²) in [5, 5.41) is 9.64. The van der Waals surface area contributed by atoms with Crippen molar-refractivity contribution in [2.75, 3.05) is 13.7 Å². The Morgan fingerprint density at radius 3 is 2.71 bits per heavy atom. The lowest BCUT2D eigenvalue weighted by molar-refractivity contribution is -0.144. The third kappa shape index (κ3) is 2.92. The second-order valence-corrected chi connectivity index (χ2v) is 6.80. The number of hydrogen-bond acceptors (Lipinski definition) is 5. The van der Waals surface area contributed by atoms with Crippen molar-refractivity contribution in [2.45, 2.75) is 30.4 Å². The fourth-order valence-electron chi connectivity index (χ4n) is 2.27.